The molecule has 3 aromatic rings. The molecule has 13 heteroatoms. The van der Waals surface area contributed by atoms with Crippen molar-refractivity contribution in [3.63, 3.8) is 0 Å². The molecule has 2 heterocycles. The first-order valence-electron chi connectivity index (χ1n) is 10.3. The van der Waals surface area contributed by atoms with Gasteiger partial charge < -0.3 is 50.0 Å². The minimum absolute atomic E-state index is 0.141. The molecule has 0 saturated carbocycles. The molecule has 2 atom stereocenters. The summed E-state index contributed by atoms with van der Waals surface area (Å²) in [5.74, 6) is -12.6. The molecular weight excluding hydrogens is 496 g/mol. The van der Waals surface area contributed by atoms with Gasteiger partial charge in [-0.15, -0.1) is 0 Å². The molecule has 190 valence electrons. The Bertz CT molecular complexity index is 1560. The SMILES string of the molecule is COC(=O)C(=O)c1c(O)cc(O)c([C@]23O[C@@]2(c2ccc(O)c(O)c2)Oc2cc(O)cc(O)c2C3=O)c1O. The third kappa shape index (κ3) is 2.91. The molecule has 1 fully saturated rings. The average Bonchev–Trinajstić information content (AvgIpc) is 3.50. The molecule has 3 aromatic carbocycles. The van der Waals surface area contributed by atoms with Crippen molar-refractivity contribution in [1.29, 1.82) is 0 Å². The van der Waals surface area contributed by atoms with Gasteiger partial charge in [0.2, 0.25) is 11.4 Å². The maximum Gasteiger partial charge on any atom is 0.379 e. The van der Waals surface area contributed by atoms with Gasteiger partial charge in [-0.25, -0.2) is 4.79 Å². The van der Waals surface area contributed by atoms with Gasteiger partial charge in [0.1, 0.15) is 45.6 Å². The van der Waals surface area contributed by atoms with Gasteiger partial charge in [0.05, 0.1) is 12.7 Å². The number of ketones is 2. The zero-order valence-electron chi connectivity index (χ0n) is 18.5. The minimum atomic E-state index is -2.56. The van der Waals surface area contributed by atoms with Gasteiger partial charge in [-0.2, -0.15) is 0 Å². The van der Waals surface area contributed by atoms with Crippen molar-refractivity contribution in [2.75, 3.05) is 7.11 Å². The third-order valence-electron chi connectivity index (χ3n) is 6.15. The highest BCUT2D eigenvalue weighted by Crippen LogP contribution is 2.71. The first-order chi connectivity index (χ1) is 17.4. The number of Topliss-reactive ketones (excluding diaryl/α,β-unsaturated/α-hetero) is 2. The monoisotopic (exact) mass is 512 g/mol. The van der Waals surface area contributed by atoms with E-state index in [0.29, 0.717) is 6.07 Å². The number of benzene rings is 3. The van der Waals surface area contributed by atoms with Crippen molar-refractivity contribution in [3.8, 4) is 46.0 Å². The number of epoxide rings is 1. The van der Waals surface area contributed by atoms with E-state index in [9.17, 15) is 50.1 Å². The van der Waals surface area contributed by atoms with Gasteiger partial charge in [-0.3, -0.25) is 9.59 Å². The van der Waals surface area contributed by atoms with E-state index in [1.54, 1.807) is 0 Å². The van der Waals surface area contributed by atoms with Crippen LogP contribution in [-0.2, 0) is 25.7 Å². The molecule has 5 rings (SSSR count). The summed E-state index contributed by atoms with van der Waals surface area (Å²) in [5.41, 5.74) is -5.10. The number of phenolic OH excluding ortho intramolecular Hbond substituents is 7. The summed E-state index contributed by atoms with van der Waals surface area (Å²) in [6.07, 6.45) is 0. The number of carbonyl (C=O) groups excluding carboxylic acids is 3. The Hall–Kier alpha value is -5.17. The van der Waals surface area contributed by atoms with Crippen LogP contribution in [0.25, 0.3) is 0 Å². The first-order valence-corrected chi connectivity index (χ1v) is 10.3. The number of phenols is 7. The summed E-state index contributed by atoms with van der Waals surface area (Å²) in [4.78, 5) is 38.3. The first kappa shape index (κ1) is 23.6. The number of ether oxygens (including phenoxy) is 3. The lowest BCUT2D eigenvalue weighted by atomic mass is 9.78. The van der Waals surface area contributed by atoms with Crippen molar-refractivity contribution >= 4 is 17.5 Å². The molecule has 37 heavy (non-hydrogen) atoms. The summed E-state index contributed by atoms with van der Waals surface area (Å²) in [5, 5.41) is 72.1. The lowest BCUT2D eigenvalue weighted by molar-refractivity contribution is -0.135. The molecule has 0 amide bonds. The highest BCUT2D eigenvalue weighted by molar-refractivity contribution is 6.42. The Labute approximate surface area is 205 Å². The predicted octanol–water partition coefficient (Wildman–Crippen LogP) is 1.34. The Morgan fingerprint density at radius 1 is 0.838 bits per heavy atom. The Morgan fingerprint density at radius 2 is 1.54 bits per heavy atom. The van der Waals surface area contributed by atoms with E-state index in [2.05, 4.69) is 4.74 Å². The zero-order chi connectivity index (χ0) is 27.0. The number of rotatable bonds is 4. The number of hydrogen-bond acceptors (Lipinski definition) is 13. The molecule has 2 aliphatic rings. The largest absolute Gasteiger partial charge is 0.508 e. The highest BCUT2D eigenvalue weighted by Gasteiger charge is 2.83. The van der Waals surface area contributed by atoms with Crippen LogP contribution in [0.2, 0.25) is 0 Å². The molecule has 0 radical (unpaired) electrons. The molecule has 7 N–H and O–H groups in total. The number of aromatic hydroxyl groups is 7. The summed E-state index contributed by atoms with van der Waals surface area (Å²) in [7, 11) is 0.869. The lowest BCUT2D eigenvalue weighted by Crippen LogP contribution is -2.39. The zero-order valence-corrected chi connectivity index (χ0v) is 18.5. The number of carbonyl (C=O) groups is 3. The van der Waals surface area contributed by atoms with E-state index >= 15 is 0 Å². The summed E-state index contributed by atoms with van der Waals surface area (Å²) >= 11 is 0. The molecule has 13 nitrogen and oxygen atoms in total. The van der Waals surface area contributed by atoms with Crippen LogP contribution in [0.4, 0.5) is 0 Å². The molecule has 0 aromatic heterocycles. The van der Waals surface area contributed by atoms with Crippen LogP contribution in [0.5, 0.6) is 46.0 Å². The molecule has 2 aliphatic heterocycles. The third-order valence-corrected chi connectivity index (χ3v) is 6.15. The Morgan fingerprint density at radius 3 is 2.19 bits per heavy atom. The van der Waals surface area contributed by atoms with Crippen molar-refractivity contribution in [2.24, 2.45) is 0 Å². The van der Waals surface area contributed by atoms with Crippen molar-refractivity contribution in [1.82, 2.24) is 0 Å². The van der Waals surface area contributed by atoms with Gasteiger partial charge >= 0.3 is 5.97 Å². The molecular formula is C24H16O13. The smallest absolute Gasteiger partial charge is 0.379 e. The predicted molar refractivity (Wildman–Crippen MR) is 117 cm³/mol. The summed E-state index contributed by atoms with van der Waals surface area (Å²) in [6.45, 7) is 0. The van der Waals surface area contributed by atoms with Gasteiger partial charge in [0.25, 0.3) is 11.6 Å². The number of esters is 1. The molecule has 0 aliphatic carbocycles. The van der Waals surface area contributed by atoms with Crippen LogP contribution in [0, 0.1) is 0 Å². The second kappa shape index (κ2) is 7.41. The fraction of sp³-hybridized carbons (Fsp3) is 0.125. The minimum Gasteiger partial charge on any atom is -0.508 e. The van der Waals surface area contributed by atoms with Crippen LogP contribution < -0.4 is 4.74 Å². The maximum absolute atomic E-state index is 13.9. The fourth-order valence-corrected chi connectivity index (χ4v) is 4.49. The van der Waals surface area contributed by atoms with E-state index in [4.69, 9.17) is 9.47 Å². The Kier molecular flexibility index (Phi) is 4.72. The molecule has 1 saturated heterocycles. The van der Waals surface area contributed by atoms with Crippen LogP contribution in [-0.4, -0.2) is 60.4 Å². The summed E-state index contributed by atoms with van der Waals surface area (Å²) in [6, 6.07) is 5.51. The quantitative estimate of drug-likeness (QED) is 0.0862. The van der Waals surface area contributed by atoms with Crippen molar-refractivity contribution in [3.05, 3.63) is 58.7 Å². The highest BCUT2D eigenvalue weighted by atomic mass is 16.8. The molecule has 0 unspecified atom stereocenters. The topological polar surface area (TPSA) is 224 Å². The average molecular weight is 512 g/mol. The second-order valence-electron chi connectivity index (χ2n) is 8.21. The maximum atomic E-state index is 13.9. The standard InChI is InChI=1S/C24H16O13/c1-35-22(34)20(32)17-13(29)7-14(30)18(19(17)31)23-21(33)16-12(28)5-9(25)6-15(16)36-24(23,37-23)8-2-3-10(26)11(27)4-8/h2-7,25-31H,1H3/t23-,24-/m1/s1. The Balaban J connectivity index is 1.84. The molecule has 0 spiro atoms. The fourth-order valence-electron chi connectivity index (χ4n) is 4.49. The van der Waals surface area contributed by atoms with E-state index in [1.165, 1.54) is 6.07 Å². The van der Waals surface area contributed by atoms with Gasteiger partial charge in [0, 0.05) is 23.8 Å². The van der Waals surface area contributed by atoms with Crippen molar-refractivity contribution in [2.45, 2.75) is 11.4 Å². The van der Waals surface area contributed by atoms with Gasteiger partial charge in [-0.1, -0.05) is 0 Å². The summed E-state index contributed by atoms with van der Waals surface area (Å²) < 4.78 is 15.9. The van der Waals surface area contributed by atoms with E-state index < -0.39 is 85.9 Å². The second-order valence-corrected chi connectivity index (χ2v) is 8.21. The van der Waals surface area contributed by atoms with E-state index in [-0.39, 0.29) is 11.3 Å². The van der Waals surface area contributed by atoms with E-state index in [0.717, 1.165) is 31.4 Å². The van der Waals surface area contributed by atoms with Crippen LogP contribution in [0.1, 0.15) is 31.8 Å². The van der Waals surface area contributed by atoms with Gasteiger partial charge in [-0.05, 0) is 18.2 Å². The molecule has 0 bridgehead atoms. The van der Waals surface area contributed by atoms with Crippen molar-refractivity contribution < 1.29 is 64.3 Å². The lowest BCUT2D eigenvalue weighted by Gasteiger charge is -2.29. The van der Waals surface area contributed by atoms with Crippen LogP contribution >= 0.6 is 0 Å². The number of hydrogen-bond donors (Lipinski definition) is 7. The van der Waals surface area contributed by atoms with E-state index in [1.807, 2.05) is 0 Å². The number of methoxy groups -OCH3 is 1. The normalized spacial score (nSPS) is 21.4. The number of fused-ring (bicyclic) bond motifs is 2. The van der Waals surface area contributed by atoms with Gasteiger partial charge in [0.15, 0.2) is 11.5 Å². The van der Waals surface area contributed by atoms with Crippen LogP contribution in [0.3, 0.4) is 0 Å². The van der Waals surface area contributed by atoms with Crippen LogP contribution in [0.15, 0.2) is 36.4 Å².